The van der Waals surface area contributed by atoms with E-state index in [0.29, 0.717) is 10.7 Å². The number of halogens is 2. The predicted molar refractivity (Wildman–Crippen MR) is 41.1 cm³/mol. The molecule has 1 rings (SSSR count). The lowest BCUT2D eigenvalue weighted by molar-refractivity contribution is -0.497. The van der Waals surface area contributed by atoms with Gasteiger partial charge in [-0.3, -0.25) is 0 Å². The summed E-state index contributed by atoms with van der Waals surface area (Å²) in [4.78, 5) is 0. The molecule has 0 atom stereocenters. The van der Waals surface area contributed by atoms with Crippen LogP contribution in [0.15, 0.2) is 18.2 Å². The van der Waals surface area contributed by atoms with Crippen LogP contribution in [0.1, 0.15) is 5.56 Å². The van der Waals surface area contributed by atoms with Crippen molar-refractivity contribution >= 4 is 17.3 Å². The van der Waals surface area contributed by atoms with E-state index < -0.39 is 0 Å². The van der Waals surface area contributed by atoms with E-state index >= 15 is 0 Å². The molecule has 0 spiro atoms. The summed E-state index contributed by atoms with van der Waals surface area (Å²) in [6, 6.07) is 5.23. The minimum Gasteiger partial charge on any atom is -1.00 e. The van der Waals surface area contributed by atoms with Crippen molar-refractivity contribution in [2.24, 2.45) is 0 Å². The van der Waals surface area contributed by atoms with Crippen LogP contribution in [0, 0.1) is 12.1 Å². The summed E-state index contributed by atoms with van der Waals surface area (Å²) in [6.07, 6.45) is 0. The van der Waals surface area contributed by atoms with Gasteiger partial charge in [-0.2, -0.15) is 0 Å². The fourth-order valence-electron chi connectivity index (χ4n) is 0.682. The van der Waals surface area contributed by atoms with Crippen LogP contribution >= 0.6 is 11.6 Å². The van der Waals surface area contributed by atoms with Gasteiger partial charge in [0.05, 0.1) is 0 Å². The Kier molecular flexibility index (Phi) is 4.99. The third-order valence-corrected chi connectivity index (χ3v) is 1.74. The normalized spacial score (nSPS) is 9.00. The minimum absolute atomic E-state index is 0. The van der Waals surface area contributed by atoms with Gasteiger partial charge in [0.1, 0.15) is 5.69 Å². The first-order valence-corrected chi connectivity index (χ1v) is 3.33. The Bertz CT molecular complexity index is 242. The summed E-state index contributed by atoms with van der Waals surface area (Å²) >= 11 is 5.73. The third-order valence-electron chi connectivity index (χ3n) is 1.33. The van der Waals surface area contributed by atoms with Crippen molar-refractivity contribution in [2.45, 2.75) is 6.92 Å². The monoisotopic (exact) mass is 284 g/mol. The second-order valence-corrected chi connectivity index (χ2v) is 2.53. The van der Waals surface area contributed by atoms with Crippen molar-refractivity contribution in [3.8, 4) is 0 Å². The van der Waals surface area contributed by atoms with Crippen LogP contribution in [0.25, 0.3) is 0 Å². The van der Waals surface area contributed by atoms with Crippen molar-refractivity contribution in [1.29, 1.82) is 0 Å². The number of hydrogen-bond acceptors (Lipinski definition) is 1. The molecular weight excluding hydrogens is 276 g/mol. The zero-order chi connectivity index (χ0) is 7.56. The number of benzene rings is 1. The molecule has 62 valence electrons. The van der Waals surface area contributed by atoms with E-state index in [0.717, 1.165) is 11.0 Å². The maximum Gasteiger partial charge on any atom is 0.131 e. The number of hydrogen-bond donors (Lipinski definition) is 1. The van der Waals surface area contributed by atoms with E-state index in [2.05, 4.69) is 0 Å². The summed E-state index contributed by atoms with van der Waals surface area (Å²) in [5, 5.41) is 10.9. The minimum atomic E-state index is 0. The first-order valence-electron chi connectivity index (χ1n) is 2.95. The summed E-state index contributed by atoms with van der Waals surface area (Å²) < 4.78 is 0. The number of rotatable bonds is 1. The Labute approximate surface area is 87.5 Å². The molecule has 0 aliphatic heterocycles. The van der Waals surface area contributed by atoms with Crippen molar-refractivity contribution in [3.05, 3.63) is 34.0 Å². The Morgan fingerprint density at radius 2 is 2.09 bits per heavy atom. The standard InChI is InChI=1S/C7H8ClNO.HI/c1-5-2-3-6(9-10)4-7(5)8;/h2-4H,9H2,1H3;1H/p-1. The van der Waals surface area contributed by atoms with Gasteiger partial charge in [-0.25, -0.2) is 0 Å². The molecule has 0 radical (unpaired) electrons. The second-order valence-electron chi connectivity index (χ2n) is 2.13. The average molecular weight is 285 g/mol. The molecule has 0 amide bonds. The van der Waals surface area contributed by atoms with Gasteiger partial charge in [0.25, 0.3) is 0 Å². The van der Waals surface area contributed by atoms with E-state index in [-0.39, 0.29) is 24.0 Å². The van der Waals surface area contributed by atoms with E-state index in [9.17, 15) is 5.21 Å². The molecule has 0 aliphatic rings. The number of nitrogens with two attached hydrogens (primary N) is 1. The van der Waals surface area contributed by atoms with Crippen LogP contribution in [-0.4, -0.2) is 0 Å². The average Bonchev–Trinajstić information content (AvgIpc) is 1.95. The molecule has 1 aromatic rings. The van der Waals surface area contributed by atoms with Gasteiger partial charge < -0.3 is 34.7 Å². The largest absolute Gasteiger partial charge is 1.00 e. The molecule has 0 unspecified atom stereocenters. The van der Waals surface area contributed by atoms with Crippen molar-refractivity contribution in [1.82, 2.24) is 0 Å². The molecule has 0 aromatic heterocycles. The van der Waals surface area contributed by atoms with Gasteiger partial charge in [0.2, 0.25) is 0 Å². The highest BCUT2D eigenvalue weighted by molar-refractivity contribution is 6.31. The summed E-state index contributed by atoms with van der Waals surface area (Å²) in [5.41, 5.74) is 2.40. The molecule has 4 heteroatoms. The molecule has 0 saturated carbocycles. The highest BCUT2D eigenvalue weighted by Gasteiger charge is 1.95. The fraction of sp³-hybridized carbons (Fsp3) is 0.143. The first-order chi connectivity index (χ1) is 4.74. The molecule has 0 saturated heterocycles. The SMILES string of the molecule is Cc1ccc([NH2+][O-])cc1Cl.[I-]. The highest BCUT2D eigenvalue weighted by Crippen LogP contribution is 2.16. The predicted octanol–water partition coefficient (Wildman–Crippen LogP) is -1.65. The summed E-state index contributed by atoms with van der Waals surface area (Å²) in [5.74, 6) is 0. The Balaban J connectivity index is 0.000001000. The Morgan fingerprint density at radius 3 is 2.55 bits per heavy atom. The second kappa shape index (κ2) is 4.92. The van der Waals surface area contributed by atoms with Crippen molar-refractivity contribution < 1.29 is 29.5 Å². The third kappa shape index (κ3) is 2.94. The smallest absolute Gasteiger partial charge is 0.131 e. The van der Waals surface area contributed by atoms with E-state index in [1.807, 2.05) is 13.0 Å². The van der Waals surface area contributed by atoms with E-state index in [1.54, 1.807) is 12.1 Å². The number of aryl methyl sites for hydroxylation is 1. The lowest BCUT2D eigenvalue weighted by atomic mass is 10.2. The molecule has 2 N–H and O–H groups in total. The van der Waals surface area contributed by atoms with Crippen LogP contribution in [-0.2, 0) is 0 Å². The van der Waals surface area contributed by atoms with Gasteiger partial charge in [-0.05, 0) is 18.6 Å². The van der Waals surface area contributed by atoms with Crippen LogP contribution in [0.2, 0.25) is 5.02 Å². The quantitative estimate of drug-likeness (QED) is 0.374. The van der Waals surface area contributed by atoms with Crippen molar-refractivity contribution in [3.63, 3.8) is 0 Å². The maximum atomic E-state index is 10.2. The fourth-order valence-corrected chi connectivity index (χ4v) is 0.871. The zero-order valence-corrected chi connectivity index (χ0v) is 8.89. The van der Waals surface area contributed by atoms with Crippen molar-refractivity contribution in [2.75, 3.05) is 0 Å². The Morgan fingerprint density at radius 1 is 1.45 bits per heavy atom. The molecule has 1 aromatic carbocycles. The summed E-state index contributed by atoms with van der Waals surface area (Å²) in [7, 11) is 0. The van der Waals surface area contributed by atoms with Crippen LogP contribution in [0.4, 0.5) is 5.69 Å². The molecule has 0 heterocycles. The first kappa shape index (κ1) is 11.2. The topological polar surface area (TPSA) is 39.7 Å². The highest BCUT2D eigenvalue weighted by atomic mass is 127. The van der Waals surface area contributed by atoms with Gasteiger partial charge >= 0.3 is 0 Å². The van der Waals surface area contributed by atoms with E-state index in [4.69, 9.17) is 11.6 Å². The van der Waals surface area contributed by atoms with Gasteiger partial charge in [-0.1, -0.05) is 17.7 Å². The molecule has 11 heavy (non-hydrogen) atoms. The molecule has 0 fully saturated rings. The Hall–Kier alpha value is 0.160. The zero-order valence-electron chi connectivity index (χ0n) is 5.97. The lowest BCUT2D eigenvalue weighted by Crippen LogP contribution is -3.00. The molecule has 2 nitrogen and oxygen atoms in total. The van der Waals surface area contributed by atoms with Gasteiger partial charge in [-0.15, -0.1) is 0 Å². The molecular formula is C7H8ClINO-. The summed E-state index contributed by atoms with van der Waals surface area (Å²) in [6.45, 7) is 1.90. The van der Waals surface area contributed by atoms with Crippen LogP contribution in [0.3, 0.4) is 0 Å². The lowest BCUT2D eigenvalue weighted by Gasteiger charge is -2.02. The maximum absolute atomic E-state index is 10.2. The molecule has 0 aliphatic carbocycles. The van der Waals surface area contributed by atoms with Gasteiger partial charge in [0.15, 0.2) is 0 Å². The van der Waals surface area contributed by atoms with Crippen LogP contribution in [0.5, 0.6) is 0 Å². The van der Waals surface area contributed by atoms with Gasteiger partial charge in [0, 0.05) is 11.1 Å². The van der Waals surface area contributed by atoms with E-state index in [1.165, 1.54) is 0 Å². The van der Waals surface area contributed by atoms with Crippen LogP contribution < -0.4 is 29.5 Å². The number of quaternary nitrogens is 1. The molecule has 0 bridgehead atoms.